The third kappa shape index (κ3) is 3.81. The van der Waals surface area contributed by atoms with E-state index in [9.17, 15) is 0 Å². The standard InChI is InChI=1S/C49H32S/c1-49(2)44-24-23-38-37-17-9-10-18-46(37)50-48(38)47(44)39-22-21-32(26-45(39)49)41-28-43-35-15-7-5-13-33(35)40(27-42(43)36-16-8-6-14-34(36)41)31-20-19-29-11-3-4-12-30(29)25-31/h3-28H,1-2H3. The quantitative estimate of drug-likeness (QED) is 0.163. The highest BCUT2D eigenvalue weighted by molar-refractivity contribution is 7.26. The predicted molar refractivity (Wildman–Crippen MR) is 218 cm³/mol. The lowest BCUT2D eigenvalue weighted by Gasteiger charge is -2.22. The second kappa shape index (κ2) is 10.1. The van der Waals surface area contributed by atoms with Gasteiger partial charge in [-0.2, -0.15) is 0 Å². The van der Waals surface area contributed by atoms with Crippen molar-refractivity contribution in [3.63, 3.8) is 0 Å². The predicted octanol–water partition coefficient (Wildman–Crippen LogP) is 14.3. The van der Waals surface area contributed by atoms with E-state index in [1.807, 2.05) is 11.3 Å². The van der Waals surface area contributed by atoms with Crippen molar-refractivity contribution in [1.29, 1.82) is 0 Å². The third-order valence-corrected chi connectivity index (χ3v) is 12.6. The molecule has 0 unspecified atom stereocenters. The molecular weight excluding hydrogens is 621 g/mol. The van der Waals surface area contributed by atoms with Crippen molar-refractivity contribution in [2.75, 3.05) is 0 Å². The molecule has 0 spiro atoms. The van der Waals surface area contributed by atoms with E-state index in [0.717, 1.165) is 0 Å². The Kier molecular flexibility index (Phi) is 5.70. The molecule has 0 amide bonds. The molecule has 0 saturated heterocycles. The summed E-state index contributed by atoms with van der Waals surface area (Å²) in [7, 11) is 0. The van der Waals surface area contributed by atoms with Crippen LogP contribution in [0, 0.1) is 0 Å². The topological polar surface area (TPSA) is 0 Å². The highest BCUT2D eigenvalue weighted by Gasteiger charge is 2.37. The molecule has 1 heterocycles. The average Bonchev–Trinajstić information content (AvgIpc) is 3.65. The van der Waals surface area contributed by atoms with Crippen molar-refractivity contribution in [1.82, 2.24) is 0 Å². The van der Waals surface area contributed by atoms with Crippen LogP contribution in [-0.2, 0) is 5.41 Å². The van der Waals surface area contributed by atoms with Crippen LogP contribution in [0.5, 0.6) is 0 Å². The minimum atomic E-state index is -0.0981. The molecule has 234 valence electrons. The van der Waals surface area contributed by atoms with E-state index in [-0.39, 0.29) is 5.41 Å². The van der Waals surface area contributed by atoms with E-state index in [1.165, 1.54) is 108 Å². The van der Waals surface area contributed by atoms with Gasteiger partial charge in [0.1, 0.15) is 0 Å². The van der Waals surface area contributed by atoms with E-state index in [0.29, 0.717) is 0 Å². The van der Waals surface area contributed by atoms with Gasteiger partial charge in [-0.1, -0.05) is 141 Å². The van der Waals surface area contributed by atoms with Gasteiger partial charge in [-0.15, -0.1) is 11.3 Å². The van der Waals surface area contributed by atoms with Crippen molar-refractivity contribution in [2.24, 2.45) is 0 Å². The van der Waals surface area contributed by atoms with Gasteiger partial charge < -0.3 is 0 Å². The van der Waals surface area contributed by atoms with Crippen molar-refractivity contribution in [3.8, 4) is 33.4 Å². The smallest absolute Gasteiger partial charge is 0.0437 e. The third-order valence-electron chi connectivity index (χ3n) is 11.4. The summed E-state index contributed by atoms with van der Waals surface area (Å²) < 4.78 is 2.77. The van der Waals surface area contributed by atoms with Crippen LogP contribution < -0.4 is 0 Å². The highest BCUT2D eigenvalue weighted by Crippen LogP contribution is 2.55. The summed E-state index contributed by atoms with van der Waals surface area (Å²) in [6, 6.07) is 59.2. The number of hydrogen-bond acceptors (Lipinski definition) is 1. The van der Waals surface area contributed by atoms with Crippen molar-refractivity contribution >= 4 is 74.6 Å². The Morgan fingerprint density at radius 3 is 1.68 bits per heavy atom. The zero-order valence-electron chi connectivity index (χ0n) is 27.9. The van der Waals surface area contributed by atoms with Crippen molar-refractivity contribution in [3.05, 3.63) is 169 Å². The molecule has 0 nitrogen and oxygen atoms in total. The molecule has 0 N–H and O–H groups in total. The Morgan fingerprint density at radius 1 is 0.380 bits per heavy atom. The van der Waals surface area contributed by atoms with E-state index < -0.39 is 0 Å². The number of rotatable bonds is 2. The SMILES string of the molecule is CC1(C)c2cc(-c3cc4c5ccccc5c(-c5ccc6ccccc6c5)cc4c4ccccc34)ccc2-c2c1ccc1c2sc2ccccc21. The fraction of sp³-hybridized carbons (Fsp3) is 0.0612. The summed E-state index contributed by atoms with van der Waals surface area (Å²) in [4.78, 5) is 0. The molecule has 0 aliphatic heterocycles. The molecule has 1 aliphatic carbocycles. The molecule has 0 atom stereocenters. The van der Waals surface area contributed by atoms with E-state index >= 15 is 0 Å². The maximum atomic E-state index is 2.49. The summed E-state index contributed by atoms with van der Waals surface area (Å²) >= 11 is 1.94. The lowest BCUT2D eigenvalue weighted by Crippen LogP contribution is -2.14. The van der Waals surface area contributed by atoms with Gasteiger partial charge in [0.2, 0.25) is 0 Å². The molecule has 10 aromatic rings. The van der Waals surface area contributed by atoms with Crippen LogP contribution in [0.15, 0.2) is 158 Å². The summed E-state index contributed by atoms with van der Waals surface area (Å²) in [6.07, 6.45) is 0. The van der Waals surface area contributed by atoms with Gasteiger partial charge in [-0.05, 0) is 112 Å². The Labute approximate surface area is 294 Å². The molecule has 1 heteroatoms. The normalized spacial score (nSPS) is 13.6. The van der Waals surface area contributed by atoms with Crippen LogP contribution in [0.4, 0.5) is 0 Å². The number of thiophene rings is 1. The lowest BCUT2D eigenvalue weighted by atomic mass is 9.81. The number of benzene rings is 9. The Balaban J connectivity index is 1.16. The van der Waals surface area contributed by atoms with E-state index in [4.69, 9.17) is 0 Å². The zero-order chi connectivity index (χ0) is 33.1. The molecular formula is C49H32S. The second-order valence-corrected chi connectivity index (χ2v) is 15.5. The zero-order valence-corrected chi connectivity index (χ0v) is 28.7. The molecule has 9 aromatic carbocycles. The maximum absolute atomic E-state index is 2.49. The molecule has 1 aliphatic rings. The Morgan fingerprint density at radius 2 is 0.960 bits per heavy atom. The van der Waals surface area contributed by atoms with Crippen molar-refractivity contribution in [2.45, 2.75) is 19.3 Å². The fourth-order valence-corrected chi connectivity index (χ4v) is 10.2. The Hall–Kier alpha value is -5.76. The fourth-order valence-electron chi connectivity index (χ4n) is 8.95. The first-order valence-electron chi connectivity index (χ1n) is 17.5. The molecule has 0 fully saturated rings. The largest absolute Gasteiger partial charge is 0.135 e. The average molecular weight is 653 g/mol. The maximum Gasteiger partial charge on any atom is 0.0437 e. The lowest BCUT2D eigenvalue weighted by molar-refractivity contribution is 0.661. The summed E-state index contributed by atoms with van der Waals surface area (Å²) in [5, 5.41) is 13.0. The van der Waals surface area contributed by atoms with Gasteiger partial charge in [-0.3, -0.25) is 0 Å². The van der Waals surface area contributed by atoms with Gasteiger partial charge in [0.05, 0.1) is 0 Å². The highest BCUT2D eigenvalue weighted by atomic mass is 32.1. The summed E-state index contributed by atoms with van der Waals surface area (Å²) in [5.74, 6) is 0. The van der Waals surface area contributed by atoms with Gasteiger partial charge in [0.15, 0.2) is 0 Å². The van der Waals surface area contributed by atoms with Crippen LogP contribution >= 0.6 is 11.3 Å². The minimum Gasteiger partial charge on any atom is -0.135 e. The van der Waals surface area contributed by atoms with E-state index in [1.54, 1.807) is 0 Å². The van der Waals surface area contributed by atoms with Crippen molar-refractivity contribution < 1.29 is 0 Å². The first-order chi connectivity index (χ1) is 24.5. The number of hydrogen-bond donors (Lipinski definition) is 0. The molecule has 0 radical (unpaired) electrons. The first-order valence-corrected chi connectivity index (χ1v) is 18.3. The van der Waals surface area contributed by atoms with Crippen LogP contribution in [0.1, 0.15) is 25.0 Å². The van der Waals surface area contributed by atoms with Crippen LogP contribution in [0.2, 0.25) is 0 Å². The first kappa shape index (κ1) is 28.1. The summed E-state index contributed by atoms with van der Waals surface area (Å²) in [6.45, 7) is 4.81. The molecule has 0 saturated carbocycles. The molecule has 11 rings (SSSR count). The van der Waals surface area contributed by atoms with Crippen LogP contribution in [-0.4, -0.2) is 0 Å². The molecule has 0 bridgehead atoms. The molecule has 50 heavy (non-hydrogen) atoms. The van der Waals surface area contributed by atoms with Crippen LogP contribution in [0.25, 0.3) is 96.6 Å². The second-order valence-electron chi connectivity index (χ2n) is 14.4. The summed E-state index contributed by atoms with van der Waals surface area (Å²) in [5.41, 5.74) is 10.6. The van der Waals surface area contributed by atoms with Gasteiger partial charge in [-0.25, -0.2) is 0 Å². The van der Waals surface area contributed by atoms with Gasteiger partial charge in [0.25, 0.3) is 0 Å². The van der Waals surface area contributed by atoms with Gasteiger partial charge >= 0.3 is 0 Å². The Bertz CT molecular complexity index is 3060. The minimum absolute atomic E-state index is 0.0981. The van der Waals surface area contributed by atoms with Gasteiger partial charge in [0, 0.05) is 31.2 Å². The number of fused-ring (bicyclic) bond motifs is 13. The monoisotopic (exact) mass is 652 g/mol. The molecule has 1 aromatic heterocycles. The van der Waals surface area contributed by atoms with E-state index in [2.05, 4.69) is 172 Å². The van der Waals surface area contributed by atoms with Crippen LogP contribution in [0.3, 0.4) is 0 Å².